The van der Waals surface area contributed by atoms with Crippen LogP contribution in [0.25, 0.3) is 0 Å². The number of imide groups is 1. The molecule has 144 valence electrons. The Kier molecular flexibility index (Phi) is 6.37. The maximum Gasteiger partial charge on any atom is 0.338 e. The molecule has 1 aliphatic heterocycles. The van der Waals surface area contributed by atoms with Gasteiger partial charge in [0.2, 0.25) is 0 Å². The summed E-state index contributed by atoms with van der Waals surface area (Å²) < 4.78 is 4.97. The zero-order valence-corrected chi connectivity index (χ0v) is 15.9. The van der Waals surface area contributed by atoms with Gasteiger partial charge in [-0.2, -0.15) is 0 Å². The molecule has 0 fully saturated rings. The number of ether oxygens (including phenoxy) is 1. The molecule has 2 aromatic carbocycles. The molecule has 28 heavy (non-hydrogen) atoms. The van der Waals surface area contributed by atoms with Crippen molar-refractivity contribution >= 4 is 17.8 Å². The van der Waals surface area contributed by atoms with E-state index in [2.05, 4.69) is 12.2 Å². The van der Waals surface area contributed by atoms with Gasteiger partial charge >= 0.3 is 5.97 Å². The maximum atomic E-state index is 12.3. The molecule has 0 aromatic heterocycles. The fourth-order valence-corrected chi connectivity index (χ4v) is 3.14. The van der Waals surface area contributed by atoms with Crippen LogP contribution in [0.5, 0.6) is 0 Å². The van der Waals surface area contributed by atoms with Gasteiger partial charge in [-0.25, -0.2) is 4.79 Å². The van der Waals surface area contributed by atoms with E-state index in [9.17, 15) is 14.4 Å². The van der Waals surface area contributed by atoms with Crippen LogP contribution in [0.2, 0.25) is 0 Å². The molecular formula is C23H23NO4. The van der Waals surface area contributed by atoms with Gasteiger partial charge in [0.1, 0.15) is 0 Å². The summed E-state index contributed by atoms with van der Waals surface area (Å²) in [6, 6.07) is 14.3. The third-order valence-electron chi connectivity index (χ3n) is 4.62. The van der Waals surface area contributed by atoms with Crippen LogP contribution in [0, 0.1) is 0 Å². The molecule has 1 heterocycles. The lowest BCUT2D eigenvalue weighted by molar-refractivity contribution is 0.0525. The second-order valence-corrected chi connectivity index (χ2v) is 6.54. The van der Waals surface area contributed by atoms with Gasteiger partial charge in [-0.15, -0.1) is 0 Å². The molecule has 0 aliphatic carbocycles. The van der Waals surface area contributed by atoms with Gasteiger partial charge < -0.3 is 4.74 Å². The summed E-state index contributed by atoms with van der Waals surface area (Å²) in [4.78, 5) is 37.5. The summed E-state index contributed by atoms with van der Waals surface area (Å²) in [5.74, 6) is -0.713. The highest BCUT2D eigenvalue weighted by Gasteiger charge is 2.34. The third kappa shape index (κ3) is 4.36. The van der Waals surface area contributed by atoms with Crippen molar-refractivity contribution in [1.29, 1.82) is 0 Å². The van der Waals surface area contributed by atoms with Crippen molar-refractivity contribution in [3.05, 3.63) is 82.9 Å². The summed E-state index contributed by atoms with van der Waals surface area (Å²) in [5, 5.41) is 0. The number of allylic oxidation sites excluding steroid dienone is 2. The first-order valence-electron chi connectivity index (χ1n) is 9.48. The molecule has 0 unspecified atom stereocenters. The molecule has 3 rings (SSSR count). The van der Waals surface area contributed by atoms with Crippen LogP contribution < -0.4 is 0 Å². The van der Waals surface area contributed by atoms with E-state index in [0.717, 1.165) is 24.8 Å². The summed E-state index contributed by atoms with van der Waals surface area (Å²) in [6.45, 7) is 2.57. The largest absolute Gasteiger partial charge is 0.462 e. The normalized spacial score (nSPS) is 13.2. The van der Waals surface area contributed by atoms with E-state index in [1.54, 1.807) is 43.3 Å². The molecule has 2 amide bonds. The van der Waals surface area contributed by atoms with Crippen LogP contribution in [0.1, 0.15) is 56.4 Å². The number of fused-ring (bicyclic) bond motifs is 1. The van der Waals surface area contributed by atoms with Gasteiger partial charge in [-0.1, -0.05) is 36.4 Å². The Labute approximate surface area is 164 Å². The molecule has 0 N–H and O–H groups in total. The first kappa shape index (κ1) is 19.5. The van der Waals surface area contributed by atoms with Gasteiger partial charge in [0, 0.05) is 6.54 Å². The van der Waals surface area contributed by atoms with Crippen LogP contribution in [0.3, 0.4) is 0 Å². The average molecular weight is 377 g/mol. The Balaban J connectivity index is 1.42. The van der Waals surface area contributed by atoms with Crippen LogP contribution in [-0.2, 0) is 11.2 Å². The lowest BCUT2D eigenvalue weighted by Crippen LogP contribution is -2.30. The number of rotatable bonds is 8. The van der Waals surface area contributed by atoms with E-state index in [1.165, 1.54) is 4.90 Å². The van der Waals surface area contributed by atoms with Gasteiger partial charge in [0.25, 0.3) is 11.8 Å². The minimum atomic E-state index is -0.308. The standard InChI is InChI=1S/C23H23NO4/c1-2-28-23(27)18-14-12-17(13-15-18)9-5-3-4-8-16-24-21(25)19-10-6-7-11-20(19)22(24)26/h3,5-7,10-15H,2,4,8-9,16H2,1H3/b5-3+. The van der Waals surface area contributed by atoms with Crippen LogP contribution in [-0.4, -0.2) is 35.8 Å². The van der Waals surface area contributed by atoms with Crippen molar-refractivity contribution in [2.45, 2.75) is 26.2 Å². The number of carbonyl (C=O) groups excluding carboxylic acids is 3. The molecule has 0 radical (unpaired) electrons. The molecule has 0 spiro atoms. The summed E-state index contributed by atoms with van der Waals surface area (Å²) in [7, 11) is 0. The van der Waals surface area contributed by atoms with E-state index >= 15 is 0 Å². The second kappa shape index (κ2) is 9.13. The van der Waals surface area contributed by atoms with Gasteiger partial charge in [0.15, 0.2) is 0 Å². The molecule has 1 aliphatic rings. The Bertz CT molecular complexity index is 864. The molecule has 5 nitrogen and oxygen atoms in total. The van der Waals surface area contributed by atoms with Crippen LogP contribution in [0.15, 0.2) is 60.7 Å². The minimum absolute atomic E-state index is 0.203. The second-order valence-electron chi connectivity index (χ2n) is 6.54. The quantitative estimate of drug-likeness (QED) is 0.301. The Morgan fingerprint density at radius 1 is 0.964 bits per heavy atom. The highest BCUT2D eigenvalue weighted by molar-refractivity contribution is 6.21. The number of carbonyl (C=O) groups is 3. The SMILES string of the molecule is CCOC(=O)c1ccc(C/C=C/CCCN2C(=O)c3ccccc3C2=O)cc1. The molecule has 2 aromatic rings. The van der Waals surface area contributed by atoms with E-state index in [1.807, 2.05) is 12.1 Å². The highest BCUT2D eigenvalue weighted by Crippen LogP contribution is 2.22. The van der Waals surface area contributed by atoms with Crippen molar-refractivity contribution in [2.75, 3.05) is 13.2 Å². The number of unbranched alkanes of at least 4 members (excludes halogenated alkanes) is 1. The third-order valence-corrected chi connectivity index (χ3v) is 4.62. The molecule has 0 atom stereocenters. The zero-order valence-electron chi connectivity index (χ0n) is 15.9. The topological polar surface area (TPSA) is 63.7 Å². The van der Waals surface area contributed by atoms with E-state index in [-0.39, 0.29) is 17.8 Å². The van der Waals surface area contributed by atoms with Gasteiger partial charge in [-0.05, 0) is 56.0 Å². The molecule has 0 bridgehead atoms. The fourth-order valence-electron chi connectivity index (χ4n) is 3.14. The van der Waals surface area contributed by atoms with Crippen molar-refractivity contribution in [3.63, 3.8) is 0 Å². The lowest BCUT2D eigenvalue weighted by Gasteiger charge is -2.12. The van der Waals surface area contributed by atoms with E-state index < -0.39 is 0 Å². The summed E-state index contributed by atoms with van der Waals surface area (Å²) in [6.07, 6.45) is 6.38. The number of hydrogen-bond acceptors (Lipinski definition) is 4. The Morgan fingerprint density at radius 3 is 2.21 bits per heavy atom. The smallest absolute Gasteiger partial charge is 0.338 e. The van der Waals surface area contributed by atoms with Crippen molar-refractivity contribution < 1.29 is 19.1 Å². The minimum Gasteiger partial charge on any atom is -0.462 e. The number of hydrogen-bond donors (Lipinski definition) is 0. The van der Waals surface area contributed by atoms with Crippen LogP contribution in [0.4, 0.5) is 0 Å². The summed E-state index contributed by atoms with van der Waals surface area (Å²) in [5.41, 5.74) is 2.64. The first-order valence-corrected chi connectivity index (χ1v) is 9.48. The van der Waals surface area contributed by atoms with Crippen LogP contribution >= 0.6 is 0 Å². The average Bonchev–Trinajstić information content (AvgIpc) is 2.96. The monoisotopic (exact) mass is 377 g/mol. The Hall–Kier alpha value is -3.21. The zero-order chi connectivity index (χ0) is 19.9. The number of nitrogens with zero attached hydrogens (tertiary/aromatic N) is 1. The summed E-state index contributed by atoms with van der Waals surface area (Å²) >= 11 is 0. The predicted molar refractivity (Wildman–Crippen MR) is 106 cm³/mol. The number of amides is 2. The first-order chi connectivity index (χ1) is 13.6. The molecule has 5 heteroatoms. The van der Waals surface area contributed by atoms with Crippen molar-refractivity contribution in [3.8, 4) is 0 Å². The van der Waals surface area contributed by atoms with E-state index in [4.69, 9.17) is 4.74 Å². The highest BCUT2D eigenvalue weighted by atomic mass is 16.5. The molecule has 0 saturated carbocycles. The number of benzene rings is 2. The van der Waals surface area contributed by atoms with Crippen molar-refractivity contribution in [2.24, 2.45) is 0 Å². The number of esters is 1. The molecular weight excluding hydrogens is 354 g/mol. The van der Waals surface area contributed by atoms with Gasteiger partial charge in [0.05, 0.1) is 23.3 Å². The van der Waals surface area contributed by atoms with Crippen molar-refractivity contribution in [1.82, 2.24) is 4.90 Å². The maximum absolute atomic E-state index is 12.3. The fraction of sp³-hybridized carbons (Fsp3) is 0.261. The van der Waals surface area contributed by atoms with Gasteiger partial charge in [-0.3, -0.25) is 14.5 Å². The Morgan fingerprint density at radius 2 is 1.61 bits per heavy atom. The van der Waals surface area contributed by atoms with E-state index in [0.29, 0.717) is 29.8 Å². The lowest BCUT2D eigenvalue weighted by atomic mass is 10.1. The molecule has 0 saturated heterocycles. The predicted octanol–water partition coefficient (Wildman–Crippen LogP) is 4.04.